The van der Waals surface area contributed by atoms with Gasteiger partial charge in [-0.3, -0.25) is 4.79 Å². The first kappa shape index (κ1) is 15.7. The fraction of sp³-hybridized carbons (Fsp3) is 0.933. The Morgan fingerprint density at radius 1 is 1.10 bits per heavy atom. The van der Waals surface area contributed by atoms with E-state index in [1.165, 1.54) is 0 Å². The van der Waals surface area contributed by atoms with Crippen LogP contribution in [0.15, 0.2) is 0 Å². The van der Waals surface area contributed by atoms with Crippen molar-refractivity contribution in [3.05, 3.63) is 0 Å². The summed E-state index contributed by atoms with van der Waals surface area (Å²) in [7, 11) is 0. The first-order valence-corrected chi connectivity index (χ1v) is 7.64. The molecule has 1 N–H and O–H groups in total. The van der Waals surface area contributed by atoms with Gasteiger partial charge in [-0.05, 0) is 12.8 Å². The van der Waals surface area contributed by atoms with Crippen LogP contribution in [-0.2, 0) is 19.0 Å². The monoisotopic (exact) mass is 285 g/mol. The van der Waals surface area contributed by atoms with Crippen LogP contribution in [-0.4, -0.2) is 43.7 Å². The smallest absolute Gasteiger partial charge is 0.246 e. The SMILES string of the molecule is CC.CC1(C)CC2(CCC13OCCO3)COCC(=O)N2. The third-order valence-electron chi connectivity index (χ3n) is 4.51. The van der Waals surface area contributed by atoms with Crippen LogP contribution in [0.5, 0.6) is 0 Å². The normalized spacial score (nSPS) is 34.5. The van der Waals surface area contributed by atoms with Crippen molar-refractivity contribution in [3.8, 4) is 0 Å². The molecule has 2 saturated heterocycles. The molecular formula is C15H27NO4. The topological polar surface area (TPSA) is 56.8 Å². The Kier molecular flexibility index (Phi) is 4.42. The third-order valence-corrected chi connectivity index (χ3v) is 4.51. The van der Waals surface area contributed by atoms with Crippen LogP contribution in [0, 0.1) is 5.41 Å². The zero-order valence-electron chi connectivity index (χ0n) is 13.1. The molecule has 1 amide bonds. The maximum absolute atomic E-state index is 11.6. The Balaban J connectivity index is 0.000000704. The summed E-state index contributed by atoms with van der Waals surface area (Å²) < 4.78 is 17.2. The van der Waals surface area contributed by atoms with Crippen LogP contribution in [0.25, 0.3) is 0 Å². The molecule has 2 spiro atoms. The maximum atomic E-state index is 11.6. The molecule has 3 aliphatic rings. The largest absolute Gasteiger partial charge is 0.369 e. The second kappa shape index (κ2) is 5.62. The number of ether oxygens (including phenoxy) is 3. The first-order valence-electron chi connectivity index (χ1n) is 7.64. The number of nitrogens with one attached hydrogen (secondary N) is 1. The summed E-state index contributed by atoms with van der Waals surface area (Å²) in [5.41, 5.74) is -0.366. The number of hydrogen-bond donors (Lipinski definition) is 1. The Morgan fingerprint density at radius 2 is 1.75 bits per heavy atom. The van der Waals surface area contributed by atoms with Crippen molar-refractivity contribution >= 4 is 5.91 Å². The zero-order valence-corrected chi connectivity index (χ0v) is 13.1. The highest BCUT2D eigenvalue weighted by atomic mass is 16.7. The van der Waals surface area contributed by atoms with Gasteiger partial charge in [-0.15, -0.1) is 0 Å². The molecule has 1 unspecified atom stereocenters. The number of carbonyl (C=O) groups is 1. The van der Waals surface area contributed by atoms with Gasteiger partial charge in [0.25, 0.3) is 0 Å². The standard InChI is InChI=1S/C13H21NO4.C2H6/c1-11(2)8-12(9-16-7-10(15)14-12)3-4-13(11)17-5-6-18-13;1-2/h3-9H2,1-2H3,(H,14,15);1-2H3. The summed E-state index contributed by atoms with van der Waals surface area (Å²) >= 11 is 0. The van der Waals surface area contributed by atoms with E-state index in [1.54, 1.807) is 0 Å². The molecule has 0 bridgehead atoms. The molecule has 20 heavy (non-hydrogen) atoms. The van der Waals surface area contributed by atoms with Crippen molar-refractivity contribution < 1.29 is 19.0 Å². The van der Waals surface area contributed by atoms with Crippen molar-refractivity contribution in [2.45, 2.75) is 58.3 Å². The van der Waals surface area contributed by atoms with E-state index >= 15 is 0 Å². The van der Waals surface area contributed by atoms with Gasteiger partial charge in [0.2, 0.25) is 5.91 Å². The Morgan fingerprint density at radius 3 is 2.30 bits per heavy atom. The molecule has 0 aromatic heterocycles. The Hall–Kier alpha value is -0.650. The van der Waals surface area contributed by atoms with E-state index < -0.39 is 5.79 Å². The third kappa shape index (κ3) is 2.59. The van der Waals surface area contributed by atoms with Gasteiger partial charge in [-0.25, -0.2) is 0 Å². The summed E-state index contributed by atoms with van der Waals surface area (Å²) in [6.07, 6.45) is 2.48. The quantitative estimate of drug-likeness (QED) is 0.738. The van der Waals surface area contributed by atoms with Crippen LogP contribution in [0.1, 0.15) is 47.0 Å². The van der Waals surface area contributed by atoms with Crippen molar-refractivity contribution in [1.29, 1.82) is 0 Å². The molecule has 1 atom stereocenters. The van der Waals surface area contributed by atoms with Crippen molar-refractivity contribution in [3.63, 3.8) is 0 Å². The molecule has 0 aromatic carbocycles. The molecule has 2 heterocycles. The van der Waals surface area contributed by atoms with Crippen LogP contribution >= 0.6 is 0 Å². The average Bonchev–Trinajstić information content (AvgIpc) is 2.87. The van der Waals surface area contributed by atoms with Gasteiger partial charge >= 0.3 is 0 Å². The fourth-order valence-electron chi connectivity index (χ4n) is 3.74. The van der Waals surface area contributed by atoms with E-state index in [9.17, 15) is 4.79 Å². The molecule has 0 radical (unpaired) electrons. The highest BCUT2D eigenvalue weighted by Gasteiger charge is 2.58. The van der Waals surface area contributed by atoms with Crippen molar-refractivity contribution in [2.75, 3.05) is 26.4 Å². The van der Waals surface area contributed by atoms with E-state index in [0.29, 0.717) is 19.8 Å². The number of hydrogen-bond acceptors (Lipinski definition) is 4. The van der Waals surface area contributed by atoms with Gasteiger partial charge in [0, 0.05) is 11.8 Å². The fourth-order valence-corrected chi connectivity index (χ4v) is 3.74. The first-order chi connectivity index (χ1) is 9.47. The van der Waals surface area contributed by atoms with E-state index in [2.05, 4.69) is 19.2 Å². The highest BCUT2D eigenvalue weighted by molar-refractivity contribution is 5.78. The second-order valence-electron chi connectivity index (χ2n) is 6.33. The molecule has 5 nitrogen and oxygen atoms in total. The van der Waals surface area contributed by atoms with E-state index in [1.807, 2.05) is 13.8 Å². The van der Waals surface area contributed by atoms with Crippen molar-refractivity contribution in [2.24, 2.45) is 5.41 Å². The molecule has 5 heteroatoms. The molecule has 3 rings (SSSR count). The van der Waals surface area contributed by atoms with Gasteiger partial charge in [-0.1, -0.05) is 27.7 Å². The van der Waals surface area contributed by atoms with Gasteiger partial charge in [0.1, 0.15) is 6.61 Å². The number of amides is 1. The Labute approximate surface area is 121 Å². The number of rotatable bonds is 0. The maximum Gasteiger partial charge on any atom is 0.246 e. The second-order valence-corrected chi connectivity index (χ2v) is 6.33. The average molecular weight is 285 g/mol. The van der Waals surface area contributed by atoms with Crippen molar-refractivity contribution in [1.82, 2.24) is 5.32 Å². The predicted molar refractivity (Wildman–Crippen MR) is 75.3 cm³/mol. The van der Waals surface area contributed by atoms with E-state index in [0.717, 1.165) is 19.3 Å². The van der Waals surface area contributed by atoms with Gasteiger partial charge < -0.3 is 19.5 Å². The molecule has 3 fully saturated rings. The lowest BCUT2D eigenvalue weighted by atomic mass is 9.64. The molecule has 1 saturated carbocycles. The lowest BCUT2D eigenvalue weighted by Crippen LogP contribution is -2.65. The summed E-state index contributed by atoms with van der Waals surface area (Å²) in [6.45, 7) is 10.4. The molecule has 116 valence electrons. The summed E-state index contributed by atoms with van der Waals surface area (Å²) in [6, 6.07) is 0. The highest BCUT2D eigenvalue weighted by Crippen LogP contribution is 2.52. The minimum Gasteiger partial charge on any atom is -0.369 e. The van der Waals surface area contributed by atoms with Crippen LogP contribution in [0.2, 0.25) is 0 Å². The van der Waals surface area contributed by atoms with Crippen LogP contribution < -0.4 is 5.32 Å². The lowest BCUT2D eigenvalue weighted by molar-refractivity contribution is -0.259. The molecule has 0 aromatic rings. The molecular weight excluding hydrogens is 258 g/mol. The van der Waals surface area contributed by atoms with E-state index in [-0.39, 0.29) is 23.5 Å². The summed E-state index contributed by atoms with van der Waals surface area (Å²) in [5, 5.41) is 3.12. The number of carbonyl (C=O) groups excluding carboxylic acids is 1. The lowest BCUT2D eigenvalue weighted by Gasteiger charge is -2.54. The zero-order chi connectivity index (χ0) is 14.9. The van der Waals surface area contributed by atoms with Gasteiger partial charge in [0.05, 0.1) is 25.4 Å². The van der Waals surface area contributed by atoms with Gasteiger partial charge in [-0.2, -0.15) is 0 Å². The van der Waals surface area contributed by atoms with Crippen LogP contribution in [0.4, 0.5) is 0 Å². The summed E-state index contributed by atoms with van der Waals surface area (Å²) in [4.78, 5) is 11.6. The minimum atomic E-state index is -0.472. The van der Waals surface area contributed by atoms with Crippen LogP contribution in [0.3, 0.4) is 0 Å². The molecule has 2 aliphatic heterocycles. The molecule has 1 aliphatic carbocycles. The predicted octanol–water partition coefficient (Wildman–Crippen LogP) is 1.85. The summed E-state index contributed by atoms with van der Waals surface area (Å²) in [5.74, 6) is -0.485. The minimum absolute atomic E-state index is 0.0127. The Bertz CT molecular complexity index is 363. The number of morpholine rings is 1. The van der Waals surface area contributed by atoms with E-state index in [4.69, 9.17) is 14.2 Å². The van der Waals surface area contributed by atoms with Gasteiger partial charge in [0.15, 0.2) is 5.79 Å².